The number of carbonyl (C=O) groups is 1. The number of benzene rings is 3. The van der Waals surface area contributed by atoms with E-state index in [9.17, 15) is 23.1 Å². The molecule has 0 atom stereocenters. The van der Waals surface area contributed by atoms with Crippen LogP contribution in [0.5, 0.6) is 0 Å². The Hall–Kier alpha value is -3.50. The van der Waals surface area contributed by atoms with Gasteiger partial charge in [0.1, 0.15) is 5.69 Å². The van der Waals surface area contributed by atoms with Crippen LogP contribution in [0, 0.1) is 0 Å². The second-order valence-corrected chi connectivity index (χ2v) is 11.6. The molecular weight excluding hydrogens is 528 g/mol. The van der Waals surface area contributed by atoms with Crippen LogP contribution < -0.4 is 10.2 Å². The Labute approximate surface area is 225 Å². The third-order valence-corrected chi connectivity index (χ3v) is 7.58. The summed E-state index contributed by atoms with van der Waals surface area (Å²) in [6.07, 6.45) is 0.0477. The number of pyridine rings is 1. The summed E-state index contributed by atoms with van der Waals surface area (Å²) < 4.78 is 34.3. The molecule has 0 aliphatic rings. The molecule has 3 aromatic carbocycles. The number of methoxy groups -OCH3 is 1. The lowest BCUT2D eigenvalue weighted by molar-refractivity contribution is 0.0589. The number of hydrogen-bond acceptors (Lipinski definition) is 6. The molecule has 0 aliphatic heterocycles. The molecular formula is C28H27ClN2O6S. The van der Waals surface area contributed by atoms with Crippen LogP contribution in [0.4, 0.5) is 0 Å². The quantitative estimate of drug-likeness (QED) is 0.317. The summed E-state index contributed by atoms with van der Waals surface area (Å²) in [5.41, 5.74) is 0.400. The number of fused-ring (bicyclic) bond motifs is 1. The van der Waals surface area contributed by atoms with E-state index in [1.165, 1.54) is 33.1 Å². The van der Waals surface area contributed by atoms with Crippen LogP contribution >= 0.6 is 11.6 Å². The molecule has 0 spiro atoms. The van der Waals surface area contributed by atoms with Crippen LogP contribution in [-0.4, -0.2) is 43.3 Å². The fourth-order valence-corrected chi connectivity index (χ4v) is 5.44. The summed E-state index contributed by atoms with van der Waals surface area (Å²) in [4.78, 5) is 26.8. The summed E-state index contributed by atoms with van der Waals surface area (Å²) in [5.74, 6) is -0.696. The minimum Gasteiger partial charge on any atom is -0.464 e. The average Bonchev–Trinajstić information content (AvgIpc) is 2.89. The maximum absolute atomic E-state index is 13.7. The fraction of sp³-hybridized carbons (Fsp3) is 0.214. The van der Waals surface area contributed by atoms with Gasteiger partial charge in [-0.3, -0.25) is 4.79 Å². The van der Waals surface area contributed by atoms with Crippen molar-refractivity contribution in [2.24, 2.45) is 0 Å². The normalized spacial score (nSPS) is 12.0. The number of hydrogen-bond donors (Lipinski definition) is 2. The monoisotopic (exact) mass is 554 g/mol. The topological polar surface area (TPSA) is 115 Å². The van der Waals surface area contributed by atoms with Crippen molar-refractivity contribution in [3.05, 3.63) is 105 Å². The number of esters is 1. The number of halogens is 1. The molecule has 0 radical (unpaired) electrons. The van der Waals surface area contributed by atoms with Gasteiger partial charge in [0.25, 0.3) is 0 Å². The molecule has 0 amide bonds. The Balaban J connectivity index is 1.86. The van der Waals surface area contributed by atoms with Gasteiger partial charge in [0.05, 0.1) is 23.1 Å². The lowest BCUT2D eigenvalue weighted by Crippen LogP contribution is -2.38. The smallest absolute Gasteiger partial charge is 0.355 e. The van der Waals surface area contributed by atoms with Crippen LogP contribution in [0.15, 0.2) is 82.5 Å². The Morgan fingerprint density at radius 1 is 1.05 bits per heavy atom. The number of carbonyl (C=O) groups excluding carboxylic acids is 1. The highest BCUT2D eigenvalue weighted by Gasteiger charge is 2.25. The first kappa shape index (κ1) is 27.5. The summed E-state index contributed by atoms with van der Waals surface area (Å²) in [6.45, 7) is 2.84. The Morgan fingerprint density at radius 3 is 2.32 bits per heavy atom. The zero-order valence-electron chi connectivity index (χ0n) is 21.1. The zero-order chi connectivity index (χ0) is 27.7. The van der Waals surface area contributed by atoms with Crippen LogP contribution in [0.25, 0.3) is 16.6 Å². The first-order valence-electron chi connectivity index (χ1n) is 11.7. The lowest BCUT2D eigenvalue weighted by Gasteiger charge is -2.20. The van der Waals surface area contributed by atoms with E-state index in [2.05, 4.69) is 4.72 Å². The average molecular weight is 555 g/mol. The second-order valence-electron chi connectivity index (χ2n) is 9.44. The van der Waals surface area contributed by atoms with E-state index >= 15 is 0 Å². The fourth-order valence-electron chi connectivity index (χ4n) is 4.07. The number of aromatic nitrogens is 1. The molecule has 0 saturated heterocycles. The Kier molecular flexibility index (Phi) is 7.75. The van der Waals surface area contributed by atoms with Gasteiger partial charge in [-0.25, -0.2) is 17.9 Å². The number of aliphatic hydroxyl groups is 1. The van der Waals surface area contributed by atoms with Crippen molar-refractivity contribution in [1.82, 2.24) is 9.29 Å². The first-order chi connectivity index (χ1) is 17.9. The van der Waals surface area contributed by atoms with Gasteiger partial charge in [-0.1, -0.05) is 41.9 Å². The molecule has 10 heteroatoms. The van der Waals surface area contributed by atoms with Gasteiger partial charge in [0, 0.05) is 34.6 Å². The lowest BCUT2D eigenvalue weighted by atomic mass is 9.99. The van der Waals surface area contributed by atoms with Crippen molar-refractivity contribution in [2.45, 2.75) is 30.8 Å². The molecule has 4 rings (SSSR count). The largest absolute Gasteiger partial charge is 0.464 e. The van der Waals surface area contributed by atoms with E-state index in [4.69, 9.17) is 16.3 Å². The molecule has 198 valence electrons. The van der Waals surface area contributed by atoms with Gasteiger partial charge in [-0.15, -0.1) is 0 Å². The highest BCUT2D eigenvalue weighted by atomic mass is 35.5. The maximum atomic E-state index is 13.7. The first-order valence-corrected chi connectivity index (χ1v) is 13.6. The van der Waals surface area contributed by atoms with Crippen molar-refractivity contribution in [3.8, 4) is 5.69 Å². The van der Waals surface area contributed by atoms with Gasteiger partial charge in [-0.2, -0.15) is 0 Å². The van der Waals surface area contributed by atoms with E-state index in [1.54, 1.807) is 47.0 Å². The maximum Gasteiger partial charge on any atom is 0.355 e. The van der Waals surface area contributed by atoms with Crippen LogP contribution in [0.1, 0.15) is 35.5 Å². The minimum atomic E-state index is -3.85. The molecule has 0 aliphatic carbocycles. The van der Waals surface area contributed by atoms with Gasteiger partial charge < -0.3 is 14.4 Å². The molecule has 0 saturated carbocycles. The predicted molar refractivity (Wildman–Crippen MR) is 147 cm³/mol. The van der Waals surface area contributed by atoms with E-state index in [0.717, 1.165) is 0 Å². The summed E-state index contributed by atoms with van der Waals surface area (Å²) in [7, 11) is -2.61. The minimum absolute atomic E-state index is 0.00791. The van der Waals surface area contributed by atoms with E-state index in [1.807, 2.05) is 18.2 Å². The van der Waals surface area contributed by atoms with Gasteiger partial charge >= 0.3 is 5.97 Å². The Bertz CT molecular complexity index is 1660. The highest BCUT2D eigenvalue weighted by molar-refractivity contribution is 7.89. The highest BCUT2D eigenvalue weighted by Crippen LogP contribution is 2.26. The van der Waals surface area contributed by atoms with Gasteiger partial charge in [0.15, 0.2) is 5.43 Å². The molecule has 0 unspecified atom stereocenters. The van der Waals surface area contributed by atoms with Crippen LogP contribution in [0.2, 0.25) is 5.02 Å². The van der Waals surface area contributed by atoms with Crippen molar-refractivity contribution >= 4 is 38.5 Å². The van der Waals surface area contributed by atoms with Crippen molar-refractivity contribution < 1.29 is 23.1 Å². The summed E-state index contributed by atoms with van der Waals surface area (Å²) >= 11 is 6.27. The number of ether oxygens (including phenoxy) is 1. The molecule has 1 aromatic heterocycles. The standard InChI is InChI=1S/C28H27ClN2O6S/c1-28(2,34)17-30-38(35,36)21-12-9-18(10-13-21)15-23-25(27(33)37-3)31(20-7-5-4-6-8-20)24-16-19(29)11-14-22(24)26(23)32/h4-14,16,30,34H,15,17H2,1-3H3. The molecule has 1 heterocycles. The molecule has 0 fully saturated rings. The third kappa shape index (κ3) is 5.81. The van der Waals surface area contributed by atoms with Crippen molar-refractivity contribution in [3.63, 3.8) is 0 Å². The third-order valence-electron chi connectivity index (χ3n) is 5.93. The second kappa shape index (κ2) is 10.7. The predicted octanol–water partition coefficient (Wildman–Crippen LogP) is 4.07. The number of sulfonamides is 1. The van der Waals surface area contributed by atoms with Gasteiger partial charge in [-0.05, 0) is 61.9 Å². The molecule has 0 bridgehead atoms. The Morgan fingerprint density at radius 2 is 1.71 bits per heavy atom. The molecule has 2 N–H and O–H groups in total. The van der Waals surface area contributed by atoms with Crippen molar-refractivity contribution in [2.75, 3.05) is 13.7 Å². The van der Waals surface area contributed by atoms with Crippen LogP contribution in [0.3, 0.4) is 0 Å². The van der Waals surface area contributed by atoms with E-state index < -0.39 is 21.6 Å². The van der Waals surface area contributed by atoms with E-state index in [-0.39, 0.29) is 34.5 Å². The van der Waals surface area contributed by atoms with Crippen molar-refractivity contribution in [1.29, 1.82) is 0 Å². The summed E-state index contributed by atoms with van der Waals surface area (Å²) in [6, 6.07) is 19.9. The number of nitrogens with zero attached hydrogens (tertiary/aromatic N) is 1. The molecule has 4 aromatic rings. The number of rotatable bonds is 8. The van der Waals surface area contributed by atoms with Crippen LogP contribution in [-0.2, 0) is 21.2 Å². The van der Waals surface area contributed by atoms with E-state index in [0.29, 0.717) is 27.2 Å². The number of para-hydroxylation sites is 1. The SMILES string of the molecule is COC(=O)c1c(Cc2ccc(S(=O)(=O)NCC(C)(C)O)cc2)c(=O)c2ccc(Cl)cc2n1-c1ccccc1. The number of nitrogens with one attached hydrogen (secondary N) is 1. The zero-order valence-corrected chi connectivity index (χ0v) is 22.6. The molecule has 38 heavy (non-hydrogen) atoms. The summed E-state index contributed by atoms with van der Waals surface area (Å²) in [5, 5.41) is 10.6. The van der Waals surface area contributed by atoms with Gasteiger partial charge in [0.2, 0.25) is 10.0 Å². The molecule has 8 nitrogen and oxygen atoms in total.